The van der Waals surface area contributed by atoms with Gasteiger partial charge in [-0.25, -0.2) is 0 Å². The Hall–Kier alpha value is -0.810. The first-order valence-corrected chi connectivity index (χ1v) is 8.43. The molecule has 122 valence electrons. The fraction of sp³-hybridized carbons (Fsp3) is 0.562. The van der Waals surface area contributed by atoms with Gasteiger partial charge in [-0.05, 0) is 31.5 Å². The van der Waals surface area contributed by atoms with E-state index in [-0.39, 0.29) is 5.91 Å². The zero-order valence-electron chi connectivity index (χ0n) is 12.8. The van der Waals surface area contributed by atoms with E-state index in [9.17, 15) is 4.79 Å². The number of ether oxygens (including phenoxy) is 1. The van der Waals surface area contributed by atoms with Crippen molar-refractivity contribution in [1.82, 2.24) is 4.90 Å². The molecule has 1 fully saturated rings. The third-order valence-corrected chi connectivity index (χ3v) is 4.45. The Balaban J connectivity index is 1.80. The number of amides is 1. The van der Waals surface area contributed by atoms with Crippen LogP contribution < -0.4 is 5.32 Å². The van der Waals surface area contributed by atoms with Crippen molar-refractivity contribution in [2.75, 3.05) is 31.6 Å². The molecule has 2 rings (SSSR count). The summed E-state index contributed by atoms with van der Waals surface area (Å²) in [5, 5.41) is 3.69. The van der Waals surface area contributed by atoms with Gasteiger partial charge in [0.15, 0.2) is 0 Å². The van der Waals surface area contributed by atoms with Crippen LogP contribution >= 0.6 is 23.2 Å². The topological polar surface area (TPSA) is 41.6 Å². The standard InChI is InChI=1S/C16H22Cl2N2O2/c1-2-20(11-12-5-4-10-22-12)9-8-15(21)19-16-13(17)6-3-7-14(16)18/h3,6-7,12H,2,4-5,8-11H2,1H3,(H,19,21)/t12-/m1/s1. The van der Waals surface area contributed by atoms with E-state index in [0.29, 0.717) is 34.8 Å². The van der Waals surface area contributed by atoms with Gasteiger partial charge < -0.3 is 15.0 Å². The van der Waals surface area contributed by atoms with Gasteiger partial charge in [0, 0.05) is 26.1 Å². The minimum absolute atomic E-state index is 0.0826. The van der Waals surface area contributed by atoms with Gasteiger partial charge in [-0.2, -0.15) is 0 Å². The molecule has 1 saturated heterocycles. The lowest BCUT2D eigenvalue weighted by molar-refractivity contribution is -0.116. The molecule has 0 bridgehead atoms. The molecular formula is C16H22Cl2N2O2. The zero-order chi connectivity index (χ0) is 15.9. The summed E-state index contributed by atoms with van der Waals surface area (Å²) < 4.78 is 5.64. The monoisotopic (exact) mass is 344 g/mol. The molecule has 0 spiro atoms. The Labute approximate surface area is 141 Å². The van der Waals surface area contributed by atoms with Crippen molar-refractivity contribution in [2.24, 2.45) is 0 Å². The van der Waals surface area contributed by atoms with Gasteiger partial charge in [0.2, 0.25) is 5.91 Å². The molecule has 0 radical (unpaired) electrons. The van der Waals surface area contributed by atoms with Crippen molar-refractivity contribution < 1.29 is 9.53 Å². The molecule has 22 heavy (non-hydrogen) atoms. The molecule has 0 unspecified atom stereocenters. The predicted molar refractivity (Wildman–Crippen MR) is 90.8 cm³/mol. The van der Waals surface area contributed by atoms with Crippen LogP contribution in [-0.2, 0) is 9.53 Å². The fourth-order valence-electron chi connectivity index (χ4n) is 2.53. The van der Waals surface area contributed by atoms with Crippen molar-refractivity contribution in [3.05, 3.63) is 28.2 Å². The van der Waals surface area contributed by atoms with Crippen LogP contribution in [0.25, 0.3) is 0 Å². The Morgan fingerprint density at radius 3 is 2.73 bits per heavy atom. The number of halogens is 2. The number of hydrogen-bond acceptors (Lipinski definition) is 3. The summed E-state index contributed by atoms with van der Waals surface area (Å²) in [4.78, 5) is 14.3. The molecular weight excluding hydrogens is 323 g/mol. The Bertz CT molecular complexity index is 485. The Kier molecular flexibility index (Phi) is 6.96. The molecule has 1 amide bonds. The SMILES string of the molecule is CCN(CCC(=O)Nc1c(Cl)cccc1Cl)C[C@H]1CCCO1. The summed E-state index contributed by atoms with van der Waals surface area (Å²) in [6.07, 6.45) is 2.95. The number of nitrogens with zero attached hydrogens (tertiary/aromatic N) is 1. The number of likely N-dealkylation sites (N-methyl/N-ethyl adjacent to an activating group) is 1. The molecule has 1 N–H and O–H groups in total. The second-order valence-corrected chi connectivity index (χ2v) is 6.24. The van der Waals surface area contributed by atoms with Crippen molar-refractivity contribution in [3.8, 4) is 0 Å². The lowest BCUT2D eigenvalue weighted by atomic mass is 10.2. The Morgan fingerprint density at radius 1 is 1.41 bits per heavy atom. The molecule has 0 aliphatic carbocycles. The molecule has 1 aromatic carbocycles. The average Bonchev–Trinajstić information content (AvgIpc) is 3.00. The van der Waals surface area contributed by atoms with E-state index in [1.54, 1.807) is 18.2 Å². The normalized spacial score (nSPS) is 17.9. The van der Waals surface area contributed by atoms with Gasteiger partial charge in [0.25, 0.3) is 0 Å². The van der Waals surface area contributed by atoms with Crippen LogP contribution in [0.5, 0.6) is 0 Å². The van der Waals surface area contributed by atoms with Crippen LogP contribution in [0.15, 0.2) is 18.2 Å². The Morgan fingerprint density at radius 2 is 2.14 bits per heavy atom. The molecule has 1 aliphatic rings. The van der Waals surface area contributed by atoms with Gasteiger partial charge in [-0.1, -0.05) is 36.2 Å². The minimum atomic E-state index is -0.0826. The van der Waals surface area contributed by atoms with E-state index in [4.69, 9.17) is 27.9 Å². The molecule has 1 atom stereocenters. The number of anilines is 1. The van der Waals surface area contributed by atoms with Crippen molar-refractivity contribution in [1.29, 1.82) is 0 Å². The van der Waals surface area contributed by atoms with Crippen molar-refractivity contribution in [2.45, 2.75) is 32.3 Å². The number of nitrogens with one attached hydrogen (secondary N) is 1. The third kappa shape index (κ3) is 5.13. The van der Waals surface area contributed by atoms with Gasteiger partial charge in [-0.3, -0.25) is 4.79 Å². The van der Waals surface area contributed by atoms with Crippen LogP contribution in [0.3, 0.4) is 0 Å². The largest absolute Gasteiger partial charge is 0.377 e. The molecule has 1 aromatic rings. The summed E-state index contributed by atoms with van der Waals surface area (Å²) in [6.45, 7) is 5.44. The van der Waals surface area contributed by atoms with E-state index in [0.717, 1.165) is 32.5 Å². The number of hydrogen-bond donors (Lipinski definition) is 1. The van der Waals surface area contributed by atoms with Crippen LogP contribution in [0.1, 0.15) is 26.2 Å². The first kappa shape index (κ1) is 17.5. The van der Waals surface area contributed by atoms with E-state index < -0.39 is 0 Å². The molecule has 4 nitrogen and oxygen atoms in total. The summed E-state index contributed by atoms with van der Waals surface area (Å²) in [5.74, 6) is -0.0826. The molecule has 1 heterocycles. The van der Waals surface area contributed by atoms with Crippen LogP contribution in [0, 0.1) is 0 Å². The number of benzene rings is 1. The zero-order valence-corrected chi connectivity index (χ0v) is 14.3. The first-order chi connectivity index (χ1) is 10.6. The summed E-state index contributed by atoms with van der Waals surface area (Å²) in [6, 6.07) is 5.17. The number of carbonyl (C=O) groups excluding carboxylic acids is 1. The maximum atomic E-state index is 12.1. The van der Waals surface area contributed by atoms with E-state index in [1.165, 1.54) is 0 Å². The van der Waals surface area contributed by atoms with Crippen LogP contribution in [-0.4, -0.2) is 43.2 Å². The summed E-state index contributed by atoms with van der Waals surface area (Å²) in [5.41, 5.74) is 0.484. The molecule has 1 aliphatic heterocycles. The van der Waals surface area contributed by atoms with E-state index >= 15 is 0 Å². The first-order valence-electron chi connectivity index (χ1n) is 7.68. The van der Waals surface area contributed by atoms with Crippen LogP contribution in [0.2, 0.25) is 10.0 Å². The van der Waals surface area contributed by atoms with E-state index in [2.05, 4.69) is 17.1 Å². The number of para-hydroxylation sites is 1. The highest BCUT2D eigenvalue weighted by atomic mass is 35.5. The number of rotatable bonds is 7. The summed E-state index contributed by atoms with van der Waals surface area (Å²) in [7, 11) is 0. The maximum absolute atomic E-state index is 12.1. The lowest BCUT2D eigenvalue weighted by Gasteiger charge is -2.23. The molecule has 0 saturated carbocycles. The molecule has 0 aromatic heterocycles. The summed E-state index contributed by atoms with van der Waals surface area (Å²) >= 11 is 12.1. The van der Waals surface area contributed by atoms with E-state index in [1.807, 2.05) is 0 Å². The van der Waals surface area contributed by atoms with Gasteiger partial charge in [-0.15, -0.1) is 0 Å². The van der Waals surface area contributed by atoms with Crippen LogP contribution in [0.4, 0.5) is 5.69 Å². The molecule has 6 heteroatoms. The van der Waals surface area contributed by atoms with Crippen molar-refractivity contribution >= 4 is 34.8 Å². The van der Waals surface area contributed by atoms with Crippen molar-refractivity contribution in [3.63, 3.8) is 0 Å². The minimum Gasteiger partial charge on any atom is -0.377 e. The fourth-order valence-corrected chi connectivity index (χ4v) is 3.03. The number of carbonyl (C=O) groups is 1. The smallest absolute Gasteiger partial charge is 0.225 e. The highest BCUT2D eigenvalue weighted by Gasteiger charge is 2.19. The van der Waals surface area contributed by atoms with Gasteiger partial charge in [0.05, 0.1) is 21.8 Å². The second-order valence-electron chi connectivity index (χ2n) is 5.42. The maximum Gasteiger partial charge on any atom is 0.225 e. The second kappa shape index (κ2) is 8.73. The quantitative estimate of drug-likeness (QED) is 0.817. The third-order valence-electron chi connectivity index (χ3n) is 3.82. The highest BCUT2D eigenvalue weighted by Crippen LogP contribution is 2.29. The predicted octanol–water partition coefficient (Wildman–Crippen LogP) is 3.82. The van der Waals surface area contributed by atoms with Gasteiger partial charge >= 0.3 is 0 Å². The lowest BCUT2D eigenvalue weighted by Crippen LogP contribution is -2.34. The van der Waals surface area contributed by atoms with Gasteiger partial charge in [0.1, 0.15) is 0 Å². The average molecular weight is 345 g/mol. The highest BCUT2D eigenvalue weighted by molar-refractivity contribution is 6.39.